The summed E-state index contributed by atoms with van der Waals surface area (Å²) in [6.45, 7) is 0. The Bertz CT molecular complexity index is 540. The largest absolute Gasteiger partial charge is 0.299 e. The van der Waals surface area contributed by atoms with Crippen LogP contribution in [0, 0.1) is 47.3 Å². The smallest absolute Gasteiger partial charge is 0.147 e. The lowest BCUT2D eigenvalue weighted by atomic mass is 9.64. The second-order valence-corrected chi connectivity index (χ2v) is 8.53. The Kier molecular flexibility index (Phi) is 2.94. The fourth-order valence-corrected chi connectivity index (χ4v) is 6.99. The maximum absolute atomic E-state index is 12.9. The molecule has 22 heavy (non-hydrogen) atoms. The van der Waals surface area contributed by atoms with E-state index in [0.29, 0.717) is 29.3 Å². The van der Waals surface area contributed by atoms with Crippen LogP contribution in [0.5, 0.6) is 0 Å². The lowest BCUT2D eigenvalue weighted by Crippen LogP contribution is -2.34. The van der Waals surface area contributed by atoms with Gasteiger partial charge < -0.3 is 0 Å². The highest BCUT2D eigenvalue weighted by molar-refractivity contribution is 5.98. The molecule has 4 bridgehead atoms. The molecular weight excluding hydrogens is 272 g/mol. The average Bonchev–Trinajstić information content (AvgIpc) is 3.16. The summed E-state index contributed by atoms with van der Waals surface area (Å²) >= 11 is 0. The molecule has 0 radical (unpaired) electrons. The first kappa shape index (κ1) is 13.5. The summed E-state index contributed by atoms with van der Waals surface area (Å²) in [5.41, 5.74) is 0. The normalized spacial score (nSPS) is 50.5. The van der Waals surface area contributed by atoms with Gasteiger partial charge in [-0.1, -0.05) is 57.1 Å². The zero-order valence-corrected chi connectivity index (χ0v) is 13.2. The number of ketones is 2. The minimum Gasteiger partial charge on any atom is -0.299 e. The van der Waals surface area contributed by atoms with Gasteiger partial charge in [0.2, 0.25) is 0 Å². The second-order valence-electron chi connectivity index (χ2n) is 8.53. The Morgan fingerprint density at radius 1 is 0.773 bits per heavy atom. The van der Waals surface area contributed by atoms with Gasteiger partial charge in [0.15, 0.2) is 0 Å². The number of carbonyl (C=O) groups is 2. The maximum Gasteiger partial charge on any atom is 0.147 e. The first-order valence-corrected chi connectivity index (χ1v) is 9.53. The van der Waals surface area contributed by atoms with Crippen LogP contribution in [-0.4, -0.2) is 11.6 Å². The minimum absolute atomic E-state index is 0.102. The molecule has 0 aromatic heterocycles. The molecule has 0 N–H and O–H groups in total. The van der Waals surface area contributed by atoms with Crippen LogP contribution >= 0.6 is 0 Å². The highest BCUT2D eigenvalue weighted by atomic mass is 16.1. The summed E-state index contributed by atoms with van der Waals surface area (Å²) < 4.78 is 0. The zero-order valence-electron chi connectivity index (χ0n) is 13.2. The first-order valence-electron chi connectivity index (χ1n) is 9.53. The fourth-order valence-electron chi connectivity index (χ4n) is 6.99. The van der Waals surface area contributed by atoms with E-state index in [1.807, 2.05) is 0 Å². The molecule has 0 amide bonds. The lowest BCUT2D eigenvalue weighted by molar-refractivity contribution is -0.125. The van der Waals surface area contributed by atoms with E-state index in [1.54, 1.807) is 0 Å². The molecule has 5 aliphatic rings. The molecule has 7 atom stereocenters. The van der Waals surface area contributed by atoms with Gasteiger partial charge >= 0.3 is 0 Å². The van der Waals surface area contributed by atoms with Crippen LogP contribution in [0.1, 0.15) is 51.4 Å². The molecule has 0 aromatic rings. The standard InChI is InChI=1S/C20H26O2/c21-19-12-8-9-13(19)17-16(12)15-10-14(18(17)20(15)22)11-6-4-2-1-3-5-7-11/h8-9,11-18H,1-7,10H2. The zero-order chi connectivity index (χ0) is 14.8. The predicted molar refractivity (Wildman–Crippen MR) is 84.0 cm³/mol. The van der Waals surface area contributed by atoms with E-state index < -0.39 is 0 Å². The molecule has 5 rings (SSSR count). The number of hydrogen-bond donors (Lipinski definition) is 0. The molecule has 0 aliphatic heterocycles. The Balaban J connectivity index is 1.43. The number of Topliss-reactive ketones (excluding diaryl/α,β-unsaturated/α-hetero) is 2. The van der Waals surface area contributed by atoms with Crippen LogP contribution in [0.15, 0.2) is 12.2 Å². The summed E-state index contributed by atoms with van der Waals surface area (Å²) in [4.78, 5) is 25.3. The molecule has 7 unspecified atom stereocenters. The molecule has 4 fully saturated rings. The lowest BCUT2D eigenvalue weighted by Gasteiger charge is -2.38. The van der Waals surface area contributed by atoms with Crippen LogP contribution in [0.4, 0.5) is 0 Å². The van der Waals surface area contributed by atoms with Gasteiger partial charge in [-0.3, -0.25) is 9.59 Å². The molecule has 2 heteroatoms. The summed E-state index contributed by atoms with van der Waals surface area (Å²) in [7, 11) is 0. The van der Waals surface area contributed by atoms with E-state index in [0.717, 1.165) is 12.3 Å². The molecule has 5 aliphatic carbocycles. The summed E-state index contributed by atoms with van der Waals surface area (Å²) in [6.07, 6.45) is 14.9. The van der Waals surface area contributed by atoms with Gasteiger partial charge in [-0.2, -0.15) is 0 Å². The molecule has 0 spiro atoms. The van der Waals surface area contributed by atoms with Crippen LogP contribution in [-0.2, 0) is 9.59 Å². The van der Waals surface area contributed by atoms with Crippen molar-refractivity contribution in [1.29, 1.82) is 0 Å². The van der Waals surface area contributed by atoms with Crippen molar-refractivity contribution < 1.29 is 9.59 Å². The highest BCUT2D eigenvalue weighted by Gasteiger charge is 2.68. The van der Waals surface area contributed by atoms with E-state index in [1.165, 1.54) is 44.9 Å². The van der Waals surface area contributed by atoms with Gasteiger partial charge in [-0.15, -0.1) is 0 Å². The van der Waals surface area contributed by atoms with Crippen LogP contribution in [0.25, 0.3) is 0 Å². The molecule has 2 nitrogen and oxygen atoms in total. The summed E-state index contributed by atoms with van der Waals surface area (Å²) in [5, 5.41) is 0. The third-order valence-electron chi connectivity index (χ3n) is 7.77. The van der Waals surface area contributed by atoms with Crippen molar-refractivity contribution in [1.82, 2.24) is 0 Å². The van der Waals surface area contributed by atoms with Gasteiger partial charge in [0.05, 0.1) is 0 Å². The van der Waals surface area contributed by atoms with Crippen LogP contribution in [0.3, 0.4) is 0 Å². The third-order valence-corrected chi connectivity index (χ3v) is 7.77. The van der Waals surface area contributed by atoms with Gasteiger partial charge in [0.25, 0.3) is 0 Å². The van der Waals surface area contributed by atoms with E-state index in [-0.39, 0.29) is 23.7 Å². The van der Waals surface area contributed by atoms with Crippen molar-refractivity contribution in [3.8, 4) is 0 Å². The SMILES string of the molecule is O=C1C2C=CC1C1C3C(=O)C(CC3C3CCCCCCC3)C21. The van der Waals surface area contributed by atoms with Gasteiger partial charge in [0.1, 0.15) is 11.6 Å². The Morgan fingerprint density at radius 2 is 1.41 bits per heavy atom. The van der Waals surface area contributed by atoms with Gasteiger partial charge in [-0.05, 0) is 30.1 Å². The van der Waals surface area contributed by atoms with Crippen LogP contribution in [0.2, 0.25) is 0 Å². The second kappa shape index (κ2) is 4.79. The van der Waals surface area contributed by atoms with E-state index in [4.69, 9.17) is 0 Å². The Hall–Kier alpha value is -0.920. The molecule has 4 saturated carbocycles. The number of hydrogen-bond acceptors (Lipinski definition) is 2. The predicted octanol–water partition coefficient (Wildman–Crippen LogP) is 3.80. The topological polar surface area (TPSA) is 34.1 Å². The van der Waals surface area contributed by atoms with Crippen LogP contribution < -0.4 is 0 Å². The number of carbonyl (C=O) groups excluding carboxylic acids is 2. The van der Waals surface area contributed by atoms with Crippen molar-refractivity contribution in [3.63, 3.8) is 0 Å². The quantitative estimate of drug-likeness (QED) is 0.545. The summed E-state index contributed by atoms with van der Waals surface area (Å²) in [6, 6.07) is 0. The first-order chi connectivity index (χ1) is 10.8. The highest BCUT2D eigenvalue weighted by Crippen LogP contribution is 2.65. The number of fused-ring (bicyclic) bond motifs is 9. The number of allylic oxidation sites excluding steroid dienone is 2. The van der Waals surface area contributed by atoms with E-state index in [2.05, 4.69) is 12.2 Å². The van der Waals surface area contributed by atoms with Crippen molar-refractivity contribution in [2.45, 2.75) is 51.4 Å². The Morgan fingerprint density at radius 3 is 2.14 bits per heavy atom. The van der Waals surface area contributed by atoms with E-state index in [9.17, 15) is 9.59 Å². The van der Waals surface area contributed by atoms with Gasteiger partial charge in [0, 0.05) is 23.7 Å². The fraction of sp³-hybridized carbons (Fsp3) is 0.800. The monoisotopic (exact) mass is 298 g/mol. The Labute approximate surface area is 132 Å². The molecule has 0 aromatic carbocycles. The van der Waals surface area contributed by atoms with Crippen molar-refractivity contribution in [3.05, 3.63) is 12.2 Å². The molecule has 0 saturated heterocycles. The van der Waals surface area contributed by atoms with E-state index >= 15 is 0 Å². The number of rotatable bonds is 1. The average molecular weight is 298 g/mol. The van der Waals surface area contributed by atoms with Crippen molar-refractivity contribution in [2.24, 2.45) is 47.3 Å². The van der Waals surface area contributed by atoms with Gasteiger partial charge in [-0.25, -0.2) is 0 Å². The van der Waals surface area contributed by atoms with Crippen molar-refractivity contribution in [2.75, 3.05) is 0 Å². The molecule has 0 heterocycles. The molecular formula is C20H26O2. The summed E-state index contributed by atoms with van der Waals surface area (Å²) in [5.74, 6) is 3.82. The minimum atomic E-state index is 0.102. The molecule has 118 valence electrons. The third kappa shape index (κ3) is 1.62. The maximum atomic E-state index is 12.9. The van der Waals surface area contributed by atoms with Crippen molar-refractivity contribution >= 4 is 11.6 Å².